The summed E-state index contributed by atoms with van der Waals surface area (Å²) in [5.74, 6) is 0. The Bertz CT molecular complexity index is 339. The smallest absolute Gasteiger partial charge is 0.413 e. The van der Waals surface area contributed by atoms with Gasteiger partial charge in [0.15, 0.2) is 5.69 Å². The summed E-state index contributed by atoms with van der Waals surface area (Å²) in [5.41, 5.74) is 0.942. The number of fused-ring (bicyclic) bond motifs is 1. The van der Waals surface area contributed by atoms with E-state index in [2.05, 4.69) is 5.32 Å². The maximum Gasteiger partial charge on any atom is 0.413 e. The Morgan fingerprint density at radius 2 is 2.43 bits per heavy atom. The van der Waals surface area contributed by atoms with Crippen molar-refractivity contribution in [1.29, 1.82) is 0 Å². The van der Waals surface area contributed by atoms with Crippen LogP contribution in [0.3, 0.4) is 0 Å². The van der Waals surface area contributed by atoms with Crippen molar-refractivity contribution in [2.75, 3.05) is 13.2 Å². The van der Waals surface area contributed by atoms with E-state index < -0.39 is 6.67 Å². The fraction of sp³-hybridized carbons (Fsp3) is 0.500. The van der Waals surface area contributed by atoms with Gasteiger partial charge in [-0.05, 0) is 0 Å². The van der Waals surface area contributed by atoms with Crippen LogP contribution >= 0.6 is 0 Å². The zero-order valence-electron chi connectivity index (χ0n) is 7.54. The summed E-state index contributed by atoms with van der Waals surface area (Å²) < 4.78 is 15.2. The lowest BCUT2D eigenvalue weighted by Crippen LogP contribution is -3.00. The number of aryl methyl sites for hydroxylation is 1. The fourth-order valence-corrected chi connectivity index (χ4v) is 1.48. The molecule has 2 rings (SSSR count). The van der Waals surface area contributed by atoms with E-state index in [-0.39, 0.29) is 23.0 Å². The second-order valence-electron chi connectivity index (χ2n) is 3.01. The van der Waals surface area contributed by atoms with Gasteiger partial charge in [-0.3, -0.25) is 0 Å². The van der Waals surface area contributed by atoms with E-state index >= 15 is 0 Å². The van der Waals surface area contributed by atoms with Crippen LogP contribution in [0.25, 0.3) is 0 Å². The highest BCUT2D eigenvalue weighted by Crippen LogP contribution is 2.02. The molecule has 1 aliphatic heterocycles. The molecule has 1 aliphatic rings. The summed E-state index contributed by atoms with van der Waals surface area (Å²) in [7, 11) is 0. The van der Waals surface area contributed by atoms with Gasteiger partial charge >= 0.3 is 6.03 Å². The van der Waals surface area contributed by atoms with Crippen LogP contribution in [0, 0.1) is 0 Å². The number of carbonyl (C=O) groups excluding carboxylic acids is 1. The average molecular weight is 264 g/mol. The van der Waals surface area contributed by atoms with Crippen LogP contribution in [0.5, 0.6) is 0 Å². The van der Waals surface area contributed by atoms with Crippen LogP contribution < -0.4 is 26.9 Å². The molecule has 0 radical (unpaired) electrons. The Kier molecular flexibility index (Phi) is 3.62. The van der Waals surface area contributed by atoms with Crippen molar-refractivity contribution < 1.29 is 30.7 Å². The number of carbonyl (C=O) groups is 1. The maximum absolute atomic E-state index is 12.0. The first-order valence-corrected chi connectivity index (χ1v) is 4.26. The Morgan fingerprint density at radius 3 is 3.07 bits per heavy atom. The fourth-order valence-electron chi connectivity index (χ4n) is 1.48. The highest BCUT2D eigenvalue weighted by atomic mass is 79.9. The van der Waals surface area contributed by atoms with Gasteiger partial charge in [0.2, 0.25) is 0 Å². The molecule has 14 heavy (non-hydrogen) atoms. The van der Waals surface area contributed by atoms with Gasteiger partial charge < -0.3 is 22.3 Å². The quantitative estimate of drug-likeness (QED) is 0.563. The van der Waals surface area contributed by atoms with E-state index in [0.29, 0.717) is 13.1 Å². The summed E-state index contributed by atoms with van der Waals surface area (Å²) in [4.78, 5) is 11.2. The average Bonchev–Trinajstić information content (AvgIpc) is 2.49. The van der Waals surface area contributed by atoms with Crippen LogP contribution in [0.4, 0.5) is 9.18 Å². The molecule has 2 heterocycles. The molecule has 0 saturated heterocycles. The first-order valence-electron chi connectivity index (χ1n) is 4.26. The Balaban J connectivity index is 0.000000980. The summed E-state index contributed by atoms with van der Waals surface area (Å²) >= 11 is 0. The molecule has 0 saturated carbocycles. The van der Waals surface area contributed by atoms with Gasteiger partial charge in [0, 0.05) is 13.0 Å². The lowest BCUT2D eigenvalue weighted by atomic mass is 10.3. The van der Waals surface area contributed by atoms with Gasteiger partial charge in [0.05, 0.1) is 0 Å². The van der Waals surface area contributed by atoms with Gasteiger partial charge in [-0.2, -0.15) is 0 Å². The molecule has 1 N–H and O–H groups in total. The van der Waals surface area contributed by atoms with Crippen molar-refractivity contribution >= 4 is 6.03 Å². The lowest BCUT2D eigenvalue weighted by Gasteiger charge is -2.07. The van der Waals surface area contributed by atoms with Gasteiger partial charge in [-0.15, -0.1) is 4.57 Å². The predicted molar refractivity (Wildman–Crippen MR) is 43.1 cm³/mol. The molecule has 1 aromatic rings. The summed E-state index contributed by atoms with van der Waals surface area (Å²) in [6.07, 6.45) is 4.26. The molecular weight excluding hydrogens is 253 g/mol. The minimum Gasteiger partial charge on any atom is -1.00 e. The summed E-state index contributed by atoms with van der Waals surface area (Å²) in [6.45, 7) is 0.571. The number of alkyl halides is 1. The Labute approximate surface area is 91.5 Å². The minimum absolute atomic E-state index is 0. The predicted octanol–water partition coefficient (Wildman–Crippen LogP) is -3.14. The third-order valence-electron chi connectivity index (χ3n) is 2.11. The molecule has 0 unspecified atom stereocenters. The summed E-state index contributed by atoms with van der Waals surface area (Å²) in [5, 5.41) is 2.71. The highest BCUT2D eigenvalue weighted by Gasteiger charge is 2.23. The topological polar surface area (TPSA) is 37.9 Å². The molecule has 0 spiro atoms. The number of rotatable bonds is 2. The number of amides is 1. The normalized spacial score (nSPS) is 14.2. The minimum atomic E-state index is -0.407. The number of aromatic nitrogens is 2. The largest absolute Gasteiger partial charge is 1.00 e. The van der Waals surface area contributed by atoms with Crippen LogP contribution in [0.15, 0.2) is 12.5 Å². The van der Waals surface area contributed by atoms with Crippen molar-refractivity contribution in [1.82, 2.24) is 9.88 Å². The molecule has 6 heteroatoms. The Hall–Kier alpha value is -0.910. The second-order valence-corrected chi connectivity index (χ2v) is 3.01. The first kappa shape index (κ1) is 11.2. The molecular formula is C8H11BrFN3O. The second kappa shape index (κ2) is 4.54. The van der Waals surface area contributed by atoms with Gasteiger partial charge in [0.1, 0.15) is 19.4 Å². The van der Waals surface area contributed by atoms with E-state index in [1.165, 1.54) is 4.57 Å². The zero-order chi connectivity index (χ0) is 9.26. The zero-order valence-corrected chi connectivity index (χ0v) is 9.13. The van der Waals surface area contributed by atoms with E-state index in [0.717, 1.165) is 12.1 Å². The third-order valence-corrected chi connectivity index (χ3v) is 2.11. The molecule has 0 atom stereocenters. The van der Waals surface area contributed by atoms with Crippen LogP contribution in [-0.2, 0) is 13.0 Å². The maximum atomic E-state index is 12.0. The van der Waals surface area contributed by atoms with Gasteiger partial charge in [-0.25, -0.2) is 13.8 Å². The first-order chi connectivity index (χ1) is 6.31. The van der Waals surface area contributed by atoms with E-state index in [1.54, 1.807) is 10.9 Å². The molecule has 1 amide bonds. The molecule has 0 aliphatic carbocycles. The molecule has 0 aromatic carbocycles. The molecule has 0 bridgehead atoms. The van der Waals surface area contributed by atoms with Gasteiger partial charge in [0.25, 0.3) is 6.33 Å². The summed E-state index contributed by atoms with van der Waals surface area (Å²) in [6, 6.07) is -0.126. The van der Waals surface area contributed by atoms with Crippen LogP contribution in [0.2, 0.25) is 0 Å². The number of nitrogens with one attached hydrogen (secondary N) is 1. The lowest BCUT2D eigenvalue weighted by molar-refractivity contribution is -0.696. The number of hydrogen-bond acceptors (Lipinski definition) is 1. The monoisotopic (exact) mass is 263 g/mol. The molecule has 4 nitrogen and oxygen atoms in total. The van der Waals surface area contributed by atoms with E-state index in [4.69, 9.17) is 0 Å². The molecule has 1 aromatic heterocycles. The Morgan fingerprint density at radius 1 is 1.64 bits per heavy atom. The molecule has 0 fully saturated rings. The third kappa shape index (κ3) is 1.95. The van der Waals surface area contributed by atoms with E-state index in [1.807, 2.05) is 6.20 Å². The number of hydrogen-bond donors (Lipinski definition) is 1. The molecule has 78 valence electrons. The van der Waals surface area contributed by atoms with Gasteiger partial charge in [-0.1, -0.05) is 0 Å². The van der Waals surface area contributed by atoms with Crippen LogP contribution in [0.1, 0.15) is 5.69 Å². The van der Waals surface area contributed by atoms with Crippen molar-refractivity contribution in [2.24, 2.45) is 0 Å². The SMILES string of the molecule is O=C1NCCc2c[n+](CCF)cn21.[Br-]. The van der Waals surface area contributed by atoms with Crippen LogP contribution in [-0.4, -0.2) is 23.8 Å². The van der Waals surface area contributed by atoms with Crippen molar-refractivity contribution in [3.63, 3.8) is 0 Å². The number of halogens is 2. The van der Waals surface area contributed by atoms with Crippen molar-refractivity contribution in [3.05, 3.63) is 18.2 Å². The van der Waals surface area contributed by atoms with Crippen molar-refractivity contribution in [2.45, 2.75) is 13.0 Å². The van der Waals surface area contributed by atoms with Crippen molar-refractivity contribution in [3.8, 4) is 0 Å². The standard InChI is InChI=1S/C8H10FN3O.BrH/c9-2-4-11-5-7-1-3-10-8(13)12(7)6-11;/h5-6H,1-4H2;1H. The number of nitrogens with zero attached hydrogens (tertiary/aromatic N) is 2. The highest BCUT2D eigenvalue weighted by molar-refractivity contribution is 5.77. The van der Waals surface area contributed by atoms with E-state index in [9.17, 15) is 9.18 Å². The number of imidazole rings is 1.